The monoisotopic (exact) mass is 658 g/mol. The van der Waals surface area contributed by atoms with Gasteiger partial charge in [0.1, 0.15) is 11.6 Å². The van der Waals surface area contributed by atoms with Crippen molar-refractivity contribution in [3.8, 4) is 34.6 Å². The summed E-state index contributed by atoms with van der Waals surface area (Å²) in [5.41, 5.74) is 7.22. The Bertz CT molecular complexity index is 2700. The van der Waals surface area contributed by atoms with E-state index in [2.05, 4.69) is 30.3 Å². The van der Waals surface area contributed by atoms with Gasteiger partial charge in [0.25, 0.3) is 0 Å². The predicted molar refractivity (Wildman–Crippen MR) is 194 cm³/mol. The lowest BCUT2D eigenvalue weighted by Gasteiger charge is -2.22. The van der Waals surface area contributed by atoms with Crippen LogP contribution in [0.15, 0.2) is 103 Å². The number of hydrogen-bond acceptors (Lipinski definition) is 2. The Morgan fingerprint density at radius 1 is 0.540 bits per heavy atom. The van der Waals surface area contributed by atoms with E-state index in [1.807, 2.05) is 91.4 Å². The molecule has 242 valence electrons. The fraction of sp³-hybridized carbons (Fsp3) is 0.116. The Morgan fingerprint density at radius 2 is 1.00 bits per heavy atom. The minimum absolute atomic E-state index is 0.131. The Labute approximate surface area is 286 Å². The van der Waals surface area contributed by atoms with E-state index >= 15 is 0 Å². The summed E-state index contributed by atoms with van der Waals surface area (Å²) in [6, 6.07) is 35.7. The van der Waals surface area contributed by atoms with Gasteiger partial charge in [-0.05, 0) is 94.4 Å². The number of halogens is 3. The van der Waals surface area contributed by atoms with Crippen molar-refractivity contribution in [3.63, 3.8) is 0 Å². The van der Waals surface area contributed by atoms with Gasteiger partial charge < -0.3 is 9.13 Å². The van der Waals surface area contributed by atoms with Gasteiger partial charge in [0, 0.05) is 32.7 Å². The summed E-state index contributed by atoms with van der Waals surface area (Å²) >= 11 is 0. The molecule has 2 heterocycles. The van der Waals surface area contributed by atoms with E-state index in [0.29, 0.717) is 5.69 Å². The number of fused-ring (bicyclic) bond motifs is 6. The van der Waals surface area contributed by atoms with Crippen molar-refractivity contribution in [2.75, 3.05) is 0 Å². The van der Waals surface area contributed by atoms with Gasteiger partial charge in [-0.15, -0.1) is 0 Å². The highest BCUT2D eigenvalue weighted by Gasteiger charge is 2.36. The smallest absolute Gasteiger partial charge is 0.308 e. The maximum atomic E-state index is 14.8. The zero-order valence-corrected chi connectivity index (χ0v) is 27.7. The summed E-state index contributed by atoms with van der Waals surface area (Å²) in [6.07, 6.45) is -4.76. The topological polar surface area (TPSA) is 57.4 Å². The molecule has 0 spiro atoms. The predicted octanol–water partition coefficient (Wildman–Crippen LogP) is 11.5. The number of benzene rings is 6. The van der Waals surface area contributed by atoms with Crippen LogP contribution in [0, 0.1) is 50.4 Å². The van der Waals surface area contributed by atoms with Crippen LogP contribution in [-0.4, -0.2) is 9.13 Å². The van der Waals surface area contributed by atoms with Crippen molar-refractivity contribution < 1.29 is 13.2 Å². The first-order chi connectivity index (χ1) is 24.0. The Hall–Kier alpha value is -6.31. The molecule has 0 aliphatic heterocycles. The van der Waals surface area contributed by atoms with Crippen LogP contribution in [0.25, 0.3) is 66.1 Å². The molecule has 0 amide bonds. The number of alkyl halides is 3. The molecule has 0 N–H and O–H groups in total. The second-order valence-electron chi connectivity index (χ2n) is 13.1. The number of nitrogens with zero attached hydrogens (tertiary/aromatic N) is 4. The van der Waals surface area contributed by atoms with Crippen molar-refractivity contribution in [2.24, 2.45) is 0 Å². The molecule has 0 radical (unpaired) electrons. The number of aromatic nitrogens is 2. The molecule has 0 unspecified atom stereocenters. The standard InChI is InChI=1S/C43H29F3N4/c1-24-8-13-36-30(18-24)31-19-25(2)9-14-37(31)49(36)40-17-12-29(41-28(22-47)6-5-7-35(41)43(44,45)46)42(34(40)23-48)50-38-15-10-26(3)20-32(38)33-21-27(4)11-16-39(33)50/h5-21H,1-4H3. The molecule has 0 saturated carbocycles. The molecule has 6 aromatic carbocycles. The van der Waals surface area contributed by atoms with Crippen LogP contribution in [0.1, 0.15) is 38.9 Å². The Kier molecular flexibility index (Phi) is 6.89. The van der Waals surface area contributed by atoms with Gasteiger partial charge in [-0.25, -0.2) is 0 Å². The van der Waals surface area contributed by atoms with Gasteiger partial charge in [-0.2, -0.15) is 23.7 Å². The third-order valence-electron chi connectivity index (χ3n) is 9.64. The maximum absolute atomic E-state index is 14.8. The molecule has 0 aliphatic carbocycles. The van der Waals surface area contributed by atoms with Gasteiger partial charge >= 0.3 is 6.18 Å². The Balaban J connectivity index is 1.62. The van der Waals surface area contributed by atoms with Crippen LogP contribution in [0.3, 0.4) is 0 Å². The van der Waals surface area contributed by atoms with Crippen LogP contribution in [0.5, 0.6) is 0 Å². The number of aryl methyl sites for hydroxylation is 4. The highest BCUT2D eigenvalue weighted by atomic mass is 19.4. The molecular weight excluding hydrogens is 629 g/mol. The van der Waals surface area contributed by atoms with Gasteiger partial charge in [0.15, 0.2) is 0 Å². The first-order valence-electron chi connectivity index (χ1n) is 16.2. The van der Waals surface area contributed by atoms with Crippen molar-refractivity contribution >= 4 is 43.6 Å². The zero-order valence-electron chi connectivity index (χ0n) is 27.7. The van der Waals surface area contributed by atoms with E-state index in [1.165, 1.54) is 12.1 Å². The van der Waals surface area contributed by atoms with Crippen molar-refractivity contribution in [1.82, 2.24) is 9.13 Å². The van der Waals surface area contributed by atoms with Gasteiger partial charge in [-0.1, -0.05) is 58.7 Å². The fourth-order valence-corrected chi connectivity index (χ4v) is 7.49. The summed E-state index contributed by atoms with van der Waals surface area (Å²) in [4.78, 5) is 0. The van der Waals surface area contributed by atoms with Crippen LogP contribution in [0.2, 0.25) is 0 Å². The van der Waals surface area contributed by atoms with Gasteiger partial charge in [0.2, 0.25) is 0 Å². The lowest BCUT2D eigenvalue weighted by Crippen LogP contribution is -2.11. The molecule has 50 heavy (non-hydrogen) atoms. The molecule has 0 saturated heterocycles. The molecule has 8 rings (SSSR count). The van der Waals surface area contributed by atoms with E-state index in [9.17, 15) is 23.7 Å². The van der Waals surface area contributed by atoms with E-state index in [4.69, 9.17) is 0 Å². The molecule has 8 aromatic rings. The van der Waals surface area contributed by atoms with Crippen LogP contribution >= 0.6 is 0 Å². The van der Waals surface area contributed by atoms with Crippen molar-refractivity contribution in [3.05, 3.63) is 142 Å². The normalized spacial score (nSPS) is 11.9. The van der Waals surface area contributed by atoms with Crippen LogP contribution < -0.4 is 0 Å². The maximum Gasteiger partial charge on any atom is 0.417 e. The second-order valence-corrected chi connectivity index (χ2v) is 13.1. The molecule has 0 fully saturated rings. The first kappa shape index (κ1) is 31.0. The van der Waals surface area contributed by atoms with Crippen LogP contribution in [-0.2, 0) is 6.18 Å². The van der Waals surface area contributed by atoms with E-state index in [0.717, 1.165) is 71.9 Å². The third-order valence-corrected chi connectivity index (χ3v) is 9.64. The molecule has 7 heteroatoms. The molecule has 4 nitrogen and oxygen atoms in total. The van der Waals surface area contributed by atoms with E-state index in [1.54, 1.807) is 12.1 Å². The molecule has 2 aromatic heterocycles. The molecule has 0 aliphatic rings. The first-order valence-corrected chi connectivity index (χ1v) is 16.2. The third kappa shape index (κ3) is 4.59. The van der Waals surface area contributed by atoms with E-state index in [-0.39, 0.29) is 27.9 Å². The summed E-state index contributed by atoms with van der Waals surface area (Å²) in [5, 5.41) is 25.3. The van der Waals surface area contributed by atoms with Gasteiger partial charge in [0.05, 0.1) is 50.6 Å². The molecule has 0 atom stereocenters. The SMILES string of the molecule is Cc1ccc2c(c1)c1cc(C)ccc1n2-c1ccc(-c2c(C#N)cccc2C(F)(F)F)c(-n2c3ccc(C)cc3c3cc(C)ccc32)c1C#N. The quantitative estimate of drug-likeness (QED) is 0.190. The number of hydrogen-bond donors (Lipinski definition) is 0. The Morgan fingerprint density at radius 3 is 1.42 bits per heavy atom. The number of rotatable bonds is 3. The van der Waals surface area contributed by atoms with Gasteiger partial charge in [-0.3, -0.25) is 0 Å². The van der Waals surface area contributed by atoms with Crippen molar-refractivity contribution in [1.29, 1.82) is 10.5 Å². The lowest BCUT2D eigenvalue weighted by molar-refractivity contribution is -0.137. The minimum Gasteiger partial charge on any atom is -0.308 e. The number of nitriles is 2. The molecular formula is C43H29F3N4. The van der Waals surface area contributed by atoms with Crippen LogP contribution in [0.4, 0.5) is 13.2 Å². The molecule has 0 bridgehead atoms. The summed E-state index contributed by atoms with van der Waals surface area (Å²) in [7, 11) is 0. The highest BCUT2D eigenvalue weighted by molar-refractivity contribution is 6.12. The van der Waals surface area contributed by atoms with E-state index < -0.39 is 11.7 Å². The fourth-order valence-electron chi connectivity index (χ4n) is 7.49. The minimum atomic E-state index is -4.76. The second kappa shape index (κ2) is 11.1. The summed E-state index contributed by atoms with van der Waals surface area (Å²) < 4.78 is 48.4. The largest absolute Gasteiger partial charge is 0.417 e. The highest BCUT2D eigenvalue weighted by Crippen LogP contribution is 2.46. The van der Waals surface area contributed by atoms with Crippen molar-refractivity contribution in [2.45, 2.75) is 33.9 Å². The zero-order chi connectivity index (χ0) is 35.1. The summed E-state index contributed by atoms with van der Waals surface area (Å²) in [6.45, 7) is 8.05. The average Bonchev–Trinajstić information content (AvgIpc) is 3.57. The summed E-state index contributed by atoms with van der Waals surface area (Å²) in [5.74, 6) is 0. The average molecular weight is 659 g/mol. The lowest BCUT2D eigenvalue weighted by atomic mass is 9.90.